The summed E-state index contributed by atoms with van der Waals surface area (Å²) in [6.45, 7) is 3.78. The van der Waals surface area contributed by atoms with Crippen LogP contribution < -0.4 is 9.46 Å². The van der Waals surface area contributed by atoms with E-state index in [2.05, 4.69) is 9.71 Å². The predicted molar refractivity (Wildman–Crippen MR) is 85.3 cm³/mol. The molecular weight excluding hydrogens is 300 g/mol. The molecule has 118 valence electrons. The van der Waals surface area contributed by atoms with Gasteiger partial charge in [-0.25, -0.2) is 13.1 Å². The van der Waals surface area contributed by atoms with E-state index >= 15 is 0 Å². The highest BCUT2D eigenvalue weighted by molar-refractivity contribution is 7.89. The summed E-state index contributed by atoms with van der Waals surface area (Å²) in [4.78, 5) is 4.11. The molecule has 2 aromatic rings. The molecule has 0 bridgehead atoms. The molecule has 1 aromatic heterocycles. The minimum atomic E-state index is -3.68. The molecule has 1 atom stereocenters. The van der Waals surface area contributed by atoms with Crippen molar-refractivity contribution in [3.05, 3.63) is 53.9 Å². The molecule has 0 unspecified atom stereocenters. The topological polar surface area (TPSA) is 68.3 Å². The van der Waals surface area contributed by atoms with Crippen LogP contribution in [0.2, 0.25) is 0 Å². The van der Waals surface area contributed by atoms with Gasteiger partial charge in [0.15, 0.2) is 0 Å². The zero-order valence-electron chi connectivity index (χ0n) is 12.9. The van der Waals surface area contributed by atoms with Crippen molar-refractivity contribution in [2.24, 2.45) is 0 Å². The Morgan fingerprint density at radius 2 is 1.91 bits per heavy atom. The van der Waals surface area contributed by atoms with Crippen molar-refractivity contribution < 1.29 is 13.2 Å². The van der Waals surface area contributed by atoms with Gasteiger partial charge in [0.2, 0.25) is 10.0 Å². The van der Waals surface area contributed by atoms with Gasteiger partial charge in [-0.1, -0.05) is 13.0 Å². The second kappa shape index (κ2) is 6.89. The highest BCUT2D eigenvalue weighted by Crippen LogP contribution is 2.27. The fourth-order valence-electron chi connectivity index (χ4n) is 2.23. The maximum Gasteiger partial charge on any atom is 0.244 e. The molecule has 0 spiro atoms. The lowest BCUT2D eigenvalue weighted by atomic mass is 10.1. The van der Waals surface area contributed by atoms with Crippen LogP contribution in [0.3, 0.4) is 0 Å². The monoisotopic (exact) mass is 320 g/mol. The molecule has 5 nitrogen and oxygen atoms in total. The van der Waals surface area contributed by atoms with Crippen molar-refractivity contribution in [1.29, 1.82) is 0 Å². The Morgan fingerprint density at radius 3 is 2.50 bits per heavy atom. The highest BCUT2D eigenvalue weighted by Gasteiger charge is 2.23. The number of ether oxygens (including phenoxy) is 1. The highest BCUT2D eigenvalue weighted by atomic mass is 32.2. The van der Waals surface area contributed by atoms with E-state index in [4.69, 9.17) is 4.74 Å². The van der Waals surface area contributed by atoms with Gasteiger partial charge < -0.3 is 4.74 Å². The van der Waals surface area contributed by atoms with E-state index in [1.807, 2.05) is 32.0 Å². The summed E-state index contributed by atoms with van der Waals surface area (Å²) in [7, 11) is -2.22. The normalized spacial score (nSPS) is 12.9. The largest absolute Gasteiger partial charge is 0.495 e. The summed E-state index contributed by atoms with van der Waals surface area (Å²) in [5, 5.41) is 0. The van der Waals surface area contributed by atoms with E-state index in [0.717, 1.165) is 11.1 Å². The van der Waals surface area contributed by atoms with Gasteiger partial charge >= 0.3 is 0 Å². The van der Waals surface area contributed by atoms with Crippen LogP contribution in [0.5, 0.6) is 5.75 Å². The number of sulfonamides is 1. The van der Waals surface area contributed by atoms with Crippen LogP contribution in [0.25, 0.3) is 0 Å². The molecule has 0 aliphatic heterocycles. The summed E-state index contributed by atoms with van der Waals surface area (Å²) in [5.74, 6) is 0.336. The Balaban J connectivity index is 2.37. The molecule has 6 heteroatoms. The van der Waals surface area contributed by atoms with Gasteiger partial charge in [0.05, 0.1) is 7.11 Å². The molecule has 0 aliphatic rings. The van der Waals surface area contributed by atoms with Gasteiger partial charge in [-0.05, 0) is 48.7 Å². The Morgan fingerprint density at radius 1 is 1.23 bits per heavy atom. The van der Waals surface area contributed by atoms with Crippen molar-refractivity contribution >= 4 is 10.0 Å². The van der Waals surface area contributed by atoms with Crippen molar-refractivity contribution in [1.82, 2.24) is 9.71 Å². The van der Waals surface area contributed by atoms with E-state index in [1.54, 1.807) is 24.5 Å². The number of benzene rings is 1. The molecule has 22 heavy (non-hydrogen) atoms. The molecule has 0 amide bonds. The Bertz CT molecular complexity index is 730. The van der Waals surface area contributed by atoms with Gasteiger partial charge in [-0.3, -0.25) is 4.98 Å². The molecule has 0 radical (unpaired) electrons. The second-order valence-corrected chi connectivity index (χ2v) is 6.70. The van der Waals surface area contributed by atoms with Crippen LogP contribution in [-0.4, -0.2) is 20.5 Å². The number of aromatic nitrogens is 1. The van der Waals surface area contributed by atoms with E-state index in [0.29, 0.717) is 12.2 Å². The smallest absolute Gasteiger partial charge is 0.244 e. The zero-order chi connectivity index (χ0) is 16.2. The fourth-order valence-corrected chi connectivity index (χ4v) is 3.79. The maximum absolute atomic E-state index is 12.7. The average molecular weight is 320 g/mol. The number of hydrogen-bond donors (Lipinski definition) is 1. The molecule has 0 saturated carbocycles. The van der Waals surface area contributed by atoms with Gasteiger partial charge in [0.25, 0.3) is 0 Å². The lowest BCUT2D eigenvalue weighted by Crippen LogP contribution is -2.28. The first kappa shape index (κ1) is 16.5. The maximum atomic E-state index is 12.7. The van der Waals surface area contributed by atoms with Crippen LogP contribution in [0.4, 0.5) is 0 Å². The molecular formula is C16H20N2O3S. The standard InChI is InChI=1S/C16H20N2O3S/c1-4-14(13-7-9-17-10-8-13)18-22(19,20)16-11-12(2)5-6-15(16)21-3/h5-11,14,18H,4H2,1-3H3/t14-/m0/s1. The first-order valence-corrected chi connectivity index (χ1v) is 8.53. The molecule has 1 aromatic carbocycles. The van der Waals surface area contributed by atoms with Crippen LogP contribution in [0, 0.1) is 6.92 Å². The van der Waals surface area contributed by atoms with Crippen molar-refractivity contribution in [3.8, 4) is 5.75 Å². The predicted octanol–water partition coefficient (Wildman–Crippen LogP) is 2.83. The van der Waals surface area contributed by atoms with E-state index in [-0.39, 0.29) is 10.9 Å². The average Bonchev–Trinajstić information content (AvgIpc) is 2.53. The zero-order valence-corrected chi connectivity index (χ0v) is 13.7. The minimum absolute atomic E-state index is 0.155. The molecule has 2 rings (SSSR count). The summed E-state index contributed by atoms with van der Waals surface area (Å²) < 4.78 is 33.3. The summed E-state index contributed by atoms with van der Waals surface area (Å²) in [5.41, 5.74) is 1.74. The van der Waals surface area contributed by atoms with Crippen molar-refractivity contribution in [2.75, 3.05) is 7.11 Å². The van der Waals surface area contributed by atoms with Gasteiger partial charge in [0, 0.05) is 18.4 Å². The number of pyridine rings is 1. The quantitative estimate of drug-likeness (QED) is 0.888. The first-order chi connectivity index (χ1) is 10.5. The van der Waals surface area contributed by atoms with Gasteiger partial charge in [-0.15, -0.1) is 0 Å². The molecule has 0 fully saturated rings. The van der Waals surface area contributed by atoms with Crippen molar-refractivity contribution in [3.63, 3.8) is 0 Å². The van der Waals surface area contributed by atoms with Crippen LogP contribution in [0.1, 0.15) is 30.5 Å². The number of nitrogens with one attached hydrogen (secondary N) is 1. The second-order valence-electron chi connectivity index (χ2n) is 5.02. The third-order valence-corrected chi connectivity index (χ3v) is 4.92. The van der Waals surface area contributed by atoms with Gasteiger partial charge in [-0.2, -0.15) is 0 Å². The van der Waals surface area contributed by atoms with E-state index < -0.39 is 10.0 Å². The summed E-state index contributed by atoms with van der Waals surface area (Å²) >= 11 is 0. The molecule has 1 N–H and O–H groups in total. The number of methoxy groups -OCH3 is 1. The third kappa shape index (κ3) is 3.64. The van der Waals surface area contributed by atoms with E-state index in [1.165, 1.54) is 7.11 Å². The van der Waals surface area contributed by atoms with E-state index in [9.17, 15) is 8.42 Å². The minimum Gasteiger partial charge on any atom is -0.495 e. The Kier molecular flexibility index (Phi) is 5.15. The van der Waals surface area contributed by atoms with Crippen molar-refractivity contribution in [2.45, 2.75) is 31.2 Å². The van der Waals surface area contributed by atoms with Crippen LogP contribution in [-0.2, 0) is 10.0 Å². The number of hydrogen-bond acceptors (Lipinski definition) is 4. The Labute approximate surface area is 131 Å². The molecule has 1 heterocycles. The third-order valence-electron chi connectivity index (χ3n) is 3.42. The van der Waals surface area contributed by atoms with Gasteiger partial charge in [0.1, 0.15) is 10.6 Å². The Hall–Kier alpha value is -1.92. The number of rotatable bonds is 6. The lowest BCUT2D eigenvalue weighted by molar-refractivity contribution is 0.401. The summed E-state index contributed by atoms with van der Waals surface area (Å²) in [6, 6.07) is 8.41. The number of aryl methyl sites for hydroxylation is 1. The number of nitrogens with zero attached hydrogens (tertiary/aromatic N) is 1. The first-order valence-electron chi connectivity index (χ1n) is 7.05. The SMILES string of the molecule is CC[C@H](NS(=O)(=O)c1cc(C)ccc1OC)c1ccncc1. The lowest BCUT2D eigenvalue weighted by Gasteiger charge is -2.18. The molecule has 0 aliphatic carbocycles. The fraction of sp³-hybridized carbons (Fsp3) is 0.312. The van der Waals surface area contributed by atoms with Crippen LogP contribution >= 0.6 is 0 Å². The summed E-state index contributed by atoms with van der Waals surface area (Å²) in [6.07, 6.45) is 3.94. The molecule has 0 saturated heterocycles. The van der Waals surface area contributed by atoms with Crippen LogP contribution in [0.15, 0.2) is 47.6 Å².